The van der Waals surface area contributed by atoms with Gasteiger partial charge in [-0.1, -0.05) is 105 Å². The van der Waals surface area contributed by atoms with E-state index in [1.165, 1.54) is 33.4 Å². The molecule has 7 aromatic carbocycles. The molecule has 0 amide bonds. The van der Waals surface area contributed by atoms with Gasteiger partial charge >= 0.3 is 0 Å². The molecule has 9 aromatic rings. The molecule has 3 nitrogen and oxygen atoms in total. The molecule has 0 unspecified atom stereocenters. The highest BCUT2D eigenvalue weighted by Gasteiger charge is 2.35. The third kappa shape index (κ3) is 4.44. The molecule has 0 atom stereocenters. The van der Waals surface area contributed by atoms with E-state index in [-0.39, 0.29) is 5.41 Å². The zero-order chi connectivity index (χ0) is 34.3. The van der Waals surface area contributed by atoms with Gasteiger partial charge in [0, 0.05) is 38.9 Å². The first-order valence-corrected chi connectivity index (χ1v) is 17.7. The maximum absolute atomic E-state index is 6.57. The van der Waals surface area contributed by atoms with E-state index in [4.69, 9.17) is 4.42 Å². The molecule has 0 saturated carbocycles. The summed E-state index contributed by atoms with van der Waals surface area (Å²) < 4.78 is 8.91. The monoisotopic (exact) mass is 656 g/mol. The second kappa shape index (κ2) is 11.1. The van der Waals surface area contributed by atoms with Gasteiger partial charge in [0.05, 0.1) is 5.52 Å². The second-order valence-corrected chi connectivity index (χ2v) is 14.3. The molecule has 1 aliphatic rings. The van der Waals surface area contributed by atoms with Crippen molar-refractivity contribution < 1.29 is 4.42 Å². The fourth-order valence-electron chi connectivity index (χ4n) is 8.42. The fourth-order valence-corrected chi connectivity index (χ4v) is 8.42. The van der Waals surface area contributed by atoms with Crippen LogP contribution in [0, 0.1) is 6.92 Å². The number of hydrogen-bond donors (Lipinski definition) is 0. The summed E-state index contributed by atoms with van der Waals surface area (Å²) in [4.78, 5) is 2.40. The predicted molar refractivity (Wildman–Crippen MR) is 213 cm³/mol. The van der Waals surface area contributed by atoms with Gasteiger partial charge in [-0.2, -0.15) is 0 Å². The summed E-state index contributed by atoms with van der Waals surface area (Å²) in [5.41, 5.74) is 17.5. The van der Waals surface area contributed by atoms with Gasteiger partial charge in [-0.05, 0) is 119 Å². The van der Waals surface area contributed by atoms with Crippen molar-refractivity contribution in [2.75, 3.05) is 4.90 Å². The highest BCUT2D eigenvalue weighted by molar-refractivity contribution is 6.17. The maximum Gasteiger partial charge on any atom is 0.161 e. The molecule has 0 radical (unpaired) electrons. The Hall–Kier alpha value is -6.32. The Balaban J connectivity index is 1.10. The van der Waals surface area contributed by atoms with E-state index in [9.17, 15) is 0 Å². The molecular formula is C48H36N2O. The van der Waals surface area contributed by atoms with Crippen LogP contribution in [0.4, 0.5) is 17.1 Å². The van der Waals surface area contributed by atoms with Crippen molar-refractivity contribution in [3.63, 3.8) is 0 Å². The lowest BCUT2D eigenvalue weighted by atomic mass is 9.82. The zero-order valence-corrected chi connectivity index (χ0v) is 28.9. The number of furan rings is 1. The van der Waals surface area contributed by atoms with Crippen molar-refractivity contribution in [3.05, 3.63) is 180 Å². The molecule has 244 valence electrons. The molecular weight excluding hydrogens is 621 g/mol. The van der Waals surface area contributed by atoms with Crippen LogP contribution in [-0.4, -0.2) is 4.57 Å². The standard InChI is InChI=1S/C48H36N2O/c1-31-28-32(33-23-27-44-40(29-33)47-46(39-19-11-13-21-45(39)51-47)50(44)35-16-8-5-9-17-35)22-26-43(31)49(34-14-6-4-7-15-34)36-24-25-38-37-18-10-12-20-41(37)48(2,3)42(38)30-36/h4-30H,1-3H3. The normalized spacial score (nSPS) is 13.2. The first-order valence-electron chi connectivity index (χ1n) is 17.7. The number of aromatic nitrogens is 1. The van der Waals surface area contributed by atoms with Crippen LogP contribution in [0.2, 0.25) is 0 Å². The molecule has 0 bridgehead atoms. The Labute approximate surface area is 297 Å². The van der Waals surface area contributed by atoms with Crippen LogP contribution >= 0.6 is 0 Å². The van der Waals surface area contributed by atoms with Crippen molar-refractivity contribution in [2.24, 2.45) is 0 Å². The summed E-state index contributed by atoms with van der Waals surface area (Å²) in [5, 5.41) is 2.23. The Bertz CT molecular complexity index is 2790. The molecule has 0 spiro atoms. The molecule has 0 saturated heterocycles. The van der Waals surface area contributed by atoms with Crippen molar-refractivity contribution in [1.29, 1.82) is 0 Å². The number of anilines is 3. The van der Waals surface area contributed by atoms with Gasteiger partial charge in [-0.15, -0.1) is 0 Å². The summed E-state index contributed by atoms with van der Waals surface area (Å²) in [6, 6.07) is 59.1. The minimum Gasteiger partial charge on any atom is -0.454 e. The molecule has 1 aliphatic carbocycles. The third-order valence-electron chi connectivity index (χ3n) is 10.9. The second-order valence-electron chi connectivity index (χ2n) is 14.3. The smallest absolute Gasteiger partial charge is 0.161 e. The summed E-state index contributed by atoms with van der Waals surface area (Å²) in [6.45, 7) is 6.92. The van der Waals surface area contributed by atoms with E-state index in [2.05, 4.69) is 188 Å². The first-order chi connectivity index (χ1) is 25.0. The van der Waals surface area contributed by atoms with E-state index < -0.39 is 0 Å². The average molecular weight is 657 g/mol. The lowest BCUT2D eigenvalue weighted by molar-refractivity contribution is 0.660. The van der Waals surface area contributed by atoms with Crippen LogP contribution in [0.5, 0.6) is 0 Å². The van der Waals surface area contributed by atoms with Crippen LogP contribution in [0.15, 0.2) is 168 Å². The molecule has 0 N–H and O–H groups in total. The predicted octanol–water partition coefficient (Wildman–Crippen LogP) is 13.3. The Kier molecular flexibility index (Phi) is 6.44. The molecule has 2 aromatic heterocycles. The number of fused-ring (bicyclic) bond motifs is 8. The third-order valence-corrected chi connectivity index (χ3v) is 10.9. The molecule has 3 heteroatoms. The largest absolute Gasteiger partial charge is 0.454 e. The van der Waals surface area contributed by atoms with Gasteiger partial charge in [0.25, 0.3) is 0 Å². The Morgan fingerprint density at radius 2 is 1.24 bits per heavy atom. The number of nitrogens with zero attached hydrogens (tertiary/aromatic N) is 2. The van der Waals surface area contributed by atoms with Gasteiger partial charge in [0.2, 0.25) is 0 Å². The van der Waals surface area contributed by atoms with Gasteiger partial charge < -0.3 is 13.9 Å². The van der Waals surface area contributed by atoms with Crippen LogP contribution in [-0.2, 0) is 5.41 Å². The summed E-state index contributed by atoms with van der Waals surface area (Å²) >= 11 is 0. The van der Waals surface area contributed by atoms with Gasteiger partial charge in [-0.25, -0.2) is 0 Å². The van der Waals surface area contributed by atoms with E-state index in [1.807, 2.05) is 6.07 Å². The summed E-state index contributed by atoms with van der Waals surface area (Å²) in [7, 11) is 0. The van der Waals surface area contributed by atoms with E-state index in [0.29, 0.717) is 0 Å². The van der Waals surface area contributed by atoms with Crippen molar-refractivity contribution in [1.82, 2.24) is 4.57 Å². The van der Waals surface area contributed by atoms with Gasteiger partial charge in [0.1, 0.15) is 11.1 Å². The minimum absolute atomic E-state index is 0.0768. The number of hydrogen-bond acceptors (Lipinski definition) is 2. The van der Waals surface area contributed by atoms with Gasteiger partial charge in [-0.3, -0.25) is 0 Å². The van der Waals surface area contributed by atoms with Crippen molar-refractivity contribution in [2.45, 2.75) is 26.2 Å². The first kappa shape index (κ1) is 29.6. The highest BCUT2D eigenvalue weighted by atomic mass is 16.3. The topological polar surface area (TPSA) is 21.3 Å². The maximum atomic E-state index is 6.57. The highest BCUT2D eigenvalue weighted by Crippen LogP contribution is 2.51. The van der Waals surface area contributed by atoms with Crippen molar-refractivity contribution >= 4 is 50.0 Å². The Morgan fingerprint density at radius 1 is 0.549 bits per heavy atom. The average Bonchev–Trinajstić information content (AvgIpc) is 3.78. The van der Waals surface area contributed by atoms with E-state index in [1.54, 1.807) is 0 Å². The summed E-state index contributed by atoms with van der Waals surface area (Å²) in [5.74, 6) is 0. The van der Waals surface area contributed by atoms with E-state index in [0.717, 1.165) is 61.3 Å². The lowest BCUT2D eigenvalue weighted by Crippen LogP contribution is -2.16. The molecule has 2 heterocycles. The number of rotatable bonds is 5. The molecule has 10 rings (SSSR count). The van der Waals surface area contributed by atoms with Crippen LogP contribution in [0.3, 0.4) is 0 Å². The number of para-hydroxylation sites is 3. The number of benzene rings is 7. The lowest BCUT2D eigenvalue weighted by Gasteiger charge is -2.29. The molecule has 51 heavy (non-hydrogen) atoms. The molecule has 0 fully saturated rings. The summed E-state index contributed by atoms with van der Waals surface area (Å²) in [6.07, 6.45) is 0. The Morgan fingerprint density at radius 3 is 2.06 bits per heavy atom. The van der Waals surface area contributed by atoms with Crippen LogP contribution < -0.4 is 4.90 Å². The van der Waals surface area contributed by atoms with Crippen LogP contribution in [0.25, 0.3) is 60.9 Å². The SMILES string of the molecule is Cc1cc(-c2ccc3c(c2)c2oc4ccccc4c2n3-c2ccccc2)ccc1N(c1ccccc1)c1ccc2c(c1)C(C)(C)c1ccccc1-2. The minimum atomic E-state index is -0.0768. The van der Waals surface area contributed by atoms with E-state index >= 15 is 0 Å². The quantitative estimate of drug-likeness (QED) is 0.184. The molecule has 0 aliphatic heterocycles. The van der Waals surface area contributed by atoms with Crippen molar-refractivity contribution in [3.8, 4) is 27.9 Å². The van der Waals surface area contributed by atoms with Crippen LogP contribution in [0.1, 0.15) is 30.5 Å². The number of aryl methyl sites for hydroxylation is 1. The zero-order valence-electron chi connectivity index (χ0n) is 28.9. The van der Waals surface area contributed by atoms with Gasteiger partial charge in [0.15, 0.2) is 5.58 Å². The fraction of sp³-hybridized carbons (Fsp3) is 0.0833.